The summed E-state index contributed by atoms with van der Waals surface area (Å²) in [5.41, 5.74) is 1.20. The lowest BCUT2D eigenvalue weighted by atomic mass is 10.2. The number of aryl methyl sites for hydroxylation is 2. The van der Waals surface area contributed by atoms with Crippen molar-refractivity contribution in [3.63, 3.8) is 0 Å². The Morgan fingerprint density at radius 3 is 2.50 bits per heavy atom. The summed E-state index contributed by atoms with van der Waals surface area (Å²) >= 11 is 6.10. The van der Waals surface area contributed by atoms with E-state index in [0.29, 0.717) is 29.0 Å². The highest BCUT2D eigenvalue weighted by Gasteiger charge is 2.14. The maximum Gasteiger partial charge on any atom is 0.161 e. The molecule has 0 fully saturated rings. The minimum absolute atomic E-state index is 0.124. The van der Waals surface area contributed by atoms with Crippen molar-refractivity contribution in [3.8, 4) is 0 Å². The van der Waals surface area contributed by atoms with Gasteiger partial charge in [0.2, 0.25) is 0 Å². The standard InChI is InChI=1S/C13H13ClF3N3/c1-3-20-12(13(14)7(2)19-20)6-18-11-5-9(16)8(15)4-10(11)17/h4-5,18H,3,6H2,1-2H3. The topological polar surface area (TPSA) is 29.9 Å². The Morgan fingerprint density at radius 1 is 1.20 bits per heavy atom. The van der Waals surface area contributed by atoms with Crippen LogP contribution in [0.25, 0.3) is 0 Å². The molecule has 1 heterocycles. The molecule has 0 unspecified atom stereocenters. The van der Waals surface area contributed by atoms with Crippen LogP contribution in [-0.2, 0) is 13.1 Å². The predicted molar refractivity (Wildman–Crippen MR) is 71.3 cm³/mol. The fourth-order valence-corrected chi connectivity index (χ4v) is 2.08. The molecule has 0 amide bonds. The number of halogens is 4. The number of aromatic nitrogens is 2. The number of hydrogen-bond donors (Lipinski definition) is 1. The zero-order valence-electron chi connectivity index (χ0n) is 11.0. The zero-order valence-corrected chi connectivity index (χ0v) is 11.7. The second-order valence-corrected chi connectivity index (χ2v) is 4.64. The number of benzene rings is 1. The summed E-state index contributed by atoms with van der Waals surface area (Å²) in [6.45, 7) is 4.42. The van der Waals surface area contributed by atoms with Gasteiger partial charge in [-0.05, 0) is 13.8 Å². The summed E-state index contributed by atoms with van der Waals surface area (Å²) in [6.07, 6.45) is 0. The van der Waals surface area contributed by atoms with Crippen LogP contribution in [0.2, 0.25) is 5.02 Å². The summed E-state index contributed by atoms with van der Waals surface area (Å²) in [5, 5.41) is 7.39. The lowest BCUT2D eigenvalue weighted by Gasteiger charge is -2.10. The van der Waals surface area contributed by atoms with Crippen LogP contribution < -0.4 is 5.32 Å². The van der Waals surface area contributed by atoms with Gasteiger partial charge < -0.3 is 5.32 Å². The average Bonchev–Trinajstić information content (AvgIpc) is 2.68. The van der Waals surface area contributed by atoms with E-state index in [-0.39, 0.29) is 12.2 Å². The Balaban J connectivity index is 2.23. The van der Waals surface area contributed by atoms with Gasteiger partial charge in [0.1, 0.15) is 5.82 Å². The van der Waals surface area contributed by atoms with Gasteiger partial charge in [-0.2, -0.15) is 5.10 Å². The molecule has 0 atom stereocenters. The van der Waals surface area contributed by atoms with Crippen molar-refractivity contribution >= 4 is 17.3 Å². The molecular weight excluding hydrogens is 291 g/mol. The molecular formula is C13H13ClF3N3. The normalized spacial score (nSPS) is 10.9. The van der Waals surface area contributed by atoms with Gasteiger partial charge in [-0.3, -0.25) is 4.68 Å². The van der Waals surface area contributed by atoms with Gasteiger partial charge in [-0.1, -0.05) is 11.6 Å². The molecule has 0 aliphatic carbocycles. The molecule has 0 bridgehead atoms. The molecule has 3 nitrogen and oxygen atoms in total. The fourth-order valence-electron chi connectivity index (χ4n) is 1.87. The average molecular weight is 304 g/mol. The maximum absolute atomic E-state index is 13.5. The summed E-state index contributed by atoms with van der Waals surface area (Å²) in [6, 6.07) is 1.28. The second-order valence-electron chi connectivity index (χ2n) is 4.26. The maximum atomic E-state index is 13.5. The molecule has 0 saturated heterocycles. The van der Waals surface area contributed by atoms with Gasteiger partial charge in [-0.25, -0.2) is 13.2 Å². The van der Waals surface area contributed by atoms with Crippen LogP contribution in [0.15, 0.2) is 12.1 Å². The van der Waals surface area contributed by atoms with Crippen molar-refractivity contribution in [3.05, 3.63) is 46.0 Å². The van der Waals surface area contributed by atoms with Crippen molar-refractivity contribution in [2.24, 2.45) is 0 Å². The van der Waals surface area contributed by atoms with E-state index in [9.17, 15) is 13.2 Å². The van der Waals surface area contributed by atoms with Gasteiger partial charge in [0.05, 0.1) is 28.6 Å². The van der Waals surface area contributed by atoms with E-state index in [4.69, 9.17) is 11.6 Å². The van der Waals surface area contributed by atoms with Gasteiger partial charge in [0, 0.05) is 18.7 Å². The molecule has 2 aromatic rings. The Bertz CT molecular complexity index is 640. The first kappa shape index (κ1) is 14.7. The monoisotopic (exact) mass is 303 g/mol. The molecule has 2 rings (SSSR count). The molecule has 1 aromatic carbocycles. The van der Waals surface area contributed by atoms with Crippen LogP contribution in [0.4, 0.5) is 18.9 Å². The van der Waals surface area contributed by atoms with Gasteiger partial charge >= 0.3 is 0 Å². The Kier molecular flexibility index (Phi) is 4.23. The number of hydrogen-bond acceptors (Lipinski definition) is 2. The number of rotatable bonds is 4. The molecule has 0 saturated carbocycles. The smallest absolute Gasteiger partial charge is 0.161 e. The van der Waals surface area contributed by atoms with E-state index in [1.165, 1.54) is 0 Å². The van der Waals surface area contributed by atoms with Crippen LogP contribution in [0.1, 0.15) is 18.3 Å². The minimum Gasteiger partial charge on any atom is -0.377 e. The largest absolute Gasteiger partial charge is 0.377 e. The Labute approximate surface area is 119 Å². The third-order valence-corrected chi connectivity index (χ3v) is 3.40. The van der Waals surface area contributed by atoms with E-state index in [0.717, 1.165) is 6.07 Å². The van der Waals surface area contributed by atoms with Crippen LogP contribution >= 0.6 is 11.6 Å². The summed E-state index contributed by atoms with van der Waals surface area (Å²) in [7, 11) is 0. The third-order valence-electron chi connectivity index (χ3n) is 2.91. The van der Waals surface area contributed by atoms with E-state index in [1.54, 1.807) is 11.6 Å². The van der Waals surface area contributed by atoms with Gasteiger partial charge in [0.15, 0.2) is 11.6 Å². The molecule has 7 heteroatoms. The Morgan fingerprint density at radius 2 is 1.85 bits per heavy atom. The zero-order chi connectivity index (χ0) is 14.9. The van der Waals surface area contributed by atoms with Crippen molar-refractivity contribution in [1.29, 1.82) is 0 Å². The number of nitrogens with one attached hydrogen (secondary N) is 1. The molecule has 0 radical (unpaired) electrons. The highest BCUT2D eigenvalue weighted by Crippen LogP contribution is 2.23. The first-order valence-electron chi connectivity index (χ1n) is 6.04. The molecule has 108 valence electrons. The first-order valence-corrected chi connectivity index (χ1v) is 6.42. The number of nitrogens with zero attached hydrogens (tertiary/aromatic N) is 2. The van der Waals surface area contributed by atoms with E-state index in [2.05, 4.69) is 10.4 Å². The molecule has 0 aliphatic heterocycles. The highest BCUT2D eigenvalue weighted by atomic mass is 35.5. The van der Waals surface area contributed by atoms with Gasteiger partial charge in [0.25, 0.3) is 0 Å². The SMILES string of the molecule is CCn1nc(C)c(Cl)c1CNc1cc(F)c(F)cc1F. The third kappa shape index (κ3) is 2.75. The molecule has 20 heavy (non-hydrogen) atoms. The van der Waals surface area contributed by atoms with Crippen molar-refractivity contribution in [1.82, 2.24) is 9.78 Å². The molecule has 1 aromatic heterocycles. The van der Waals surface area contributed by atoms with E-state index < -0.39 is 17.5 Å². The lowest BCUT2D eigenvalue weighted by Crippen LogP contribution is -2.09. The number of anilines is 1. The van der Waals surface area contributed by atoms with Crippen molar-refractivity contribution < 1.29 is 13.2 Å². The quantitative estimate of drug-likeness (QED) is 0.868. The summed E-state index contributed by atoms with van der Waals surface area (Å²) in [4.78, 5) is 0. The predicted octanol–water partition coefficient (Wildman–Crippen LogP) is 3.89. The first-order chi connectivity index (χ1) is 9.43. The second kappa shape index (κ2) is 5.75. The summed E-state index contributed by atoms with van der Waals surface area (Å²) < 4.78 is 41.1. The van der Waals surface area contributed by atoms with Crippen molar-refractivity contribution in [2.45, 2.75) is 26.9 Å². The van der Waals surface area contributed by atoms with Crippen LogP contribution in [0.5, 0.6) is 0 Å². The summed E-state index contributed by atoms with van der Waals surface area (Å²) in [5.74, 6) is -3.19. The van der Waals surface area contributed by atoms with Crippen LogP contribution in [-0.4, -0.2) is 9.78 Å². The lowest BCUT2D eigenvalue weighted by molar-refractivity contribution is 0.496. The van der Waals surface area contributed by atoms with Gasteiger partial charge in [-0.15, -0.1) is 0 Å². The molecule has 0 aliphatic rings. The van der Waals surface area contributed by atoms with Crippen LogP contribution in [0, 0.1) is 24.4 Å². The van der Waals surface area contributed by atoms with E-state index in [1.807, 2.05) is 6.92 Å². The van der Waals surface area contributed by atoms with E-state index >= 15 is 0 Å². The minimum atomic E-state index is -1.22. The highest BCUT2D eigenvalue weighted by molar-refractivity contribution is 6.31. The van der Waals surface area contributed by atoms with Crippen molar-refractivity contribution in [2.75, 3.05) is 5.32 Å². The Hall–Kier alpha value is -1.69. The molecule has 1 N–H and O–H groups in total. The fraction of sp³-hybridized carbons (Fsp3) is 0.308. The molecule has 0 spiro atoms. The van der Waals surface area contributed by atoms with Crippen LogP contribution in [0.3, 0.4) is 0 Å².